The Kier molecular flexibility index (Phi) is 2.58. The number of nitrogens with one attached hydrogen (secondary N) is 1. The van der Waals surface area contributed by atoms with Crippen molar-refractivity contribution < 1.29 is 8.78 Å². The molecule has 2 aromatic rings. The molecule has 100 valence electrons. The third-order valence-electron chi connectivity index (χ3n) is 3.09. The zero-order valence-corrected chi connectivity index (χ0v) is 9.98. The van der Waals surface area contributed by atoms with Crippen LogP contribution in [-0.4, -0.2) is 39.2 Å². The van der Waals surface area contributed by atoms with E-state index < -0.39 is 5.92 Å². The molecule has 0 atom stereocenters. The van der Waals surface area contributed by atoms with Gasteiger partial charge in [-0.1, -0.05) is 0 Å². The quantitative estimate of drug-likeness (QED) is 0.855. The van der Waals surface area contributed by atoms with Gasteiger partial charge in [0.05, 0.1) is 12.2 Å². The molecular formula is C11H12F2N6. The fourth-order valence-corrected chi connectivity index (χ4v) is 2.16. The Labute approximate surface area is 107 Å². The summed E-state index contributed by atoms with van der Waals surface area (Å²) in [4.78, 5) is 9.57. The largest absolute Gasteiger partial charge is 0.394 e. The Morgan fingerprint density at radius 2 is 2.21 bits per heavy atom. The van der Waals surface area contributed by atoms with Gasteiger partial charge >= 0.3 is 0 Å². The van der Waals surface area contributed by atoms with E-state index in [9.17, 15) is 8.78 Å². The maximum atomic E-state index is 13.2. The molecule has 3 N–H and O–H groups in total. The summed E-state index contributed by atoms with van der Waals surface area (Å²) in [5, 5.41) is 6.56. The van der Waals surface area contributed by atoms with Crippen molar-refractivity contribution >= 4 is 11.5 Å². The van der Waals surface area contributed by atoms with Crippen LogP contribution in [0.25, 0.3) is 11.4 Å². The Bertz CT molecular complexity index is 583. The molecule has 0 unspecified atom stereocenters. The number of nitrogens with two attached hydrogens (primary N) is 1. The summed E-state index contributed by atoms with van der Waals surface area (Å²) >= 11 is 0. The first-order valence-electron chi connectivity index (χ1n) is 5.80. The molecule has 0 aliphatic carbocycles. The van der Waals surface area contributed by atoms with Crippen LogP contribution < -0.4 is 10.6 Å². The minimum atomic E-state index is -2.69. The van der Waals surface area contributed by atoms with E-state index in [1.54, 1.807) is 12.3 Å². The number of nitrogen functional groups attached to an aromatic ring is 1. The molecule has 0 amide bonds. The van der Waals surface area contributed by atoms with Crippen LogP contribution in [0.3, 0.4) is 0 Å². The summed E-state index contributed by atoms with van der Waals surface area (Å²) in [6.07, 6.45) is 2.70. The number of nitrogens with zero attached hydrogens (tertiary/aromatic N) is 4. The monoisotopic (exact) mass is 266 g/mol. The van der Waals surface area contributed by atoms with Crippen molar-refractivity contribution in [3.8, 4) is 11.4 Å². The Morgan fingerprint density at radius 1 is 1.37 bits per heavy atom. The number of H-pyrrole nitrogens is 1. The lowest BCUT2D eigenvalue weighted by atomic mass is 10.2. The summed E-state index contributed by atoms with van der Waals surface area (Å²) in [5.41, 5.74) is 7.37. The predicted octanol–water partition coefficient (Wildman–Crippen LogP) is 1.29. The first-order valence-corrected chi connectivity index (χ1v) is 5.80. The third kappa shape index (κ3) is 2.09. The summed E-state index contributed by atoms with van der Waals surface area (Å²) < 4.78 is 26.5. The number of rotatable bonds is 2. The average Bonchev–Trinajstić information content (AvgIpc) is 2.99. The van der Waals surface area contributed by atoms with Crippen LogP contribution >= 0.6 is 0 Å². The summed E-state index contributed by atoms with van der Waals surface area (Å²) in [6.45, 7) is -0.132. The number of alkyl halides is 2. The van der Waals surface area contributed by atoms with E-state index in [1.165, 1.54) is 11.2 Å². The molecule has 0 aromatic carbocycles. The molecule has 3 rings (SSSR count). The van der Waals surface area contributed by atoms with Crippen molar-refractivity contribution in [3.05, 3.63) is 18.6 Å². The van der Waals surface area contributed by atoms with Crippen molar-refractivity contribution in [2.75, 3.05) is 23.7 Å². The van der Waals surface area contributed by atoms with Crippen molar-refractivity contribution in [3.63, 3.8) is 0 Å². The molecule has 19 heavy (non-hydrogen) atoms. The third-order valence-corrected chi connectivity index (χ3v) is 3.09. The van der Waals surface area contributed by atoms with Gasteiger partial charge in [-0.15, -0.1) is 0 Å². The van der Waals surface area contributed by atoms with E-state index in [1.807, 2.05) is 0 Å². The van der Waals surface area contributed by atoms with E-state index in [-0.39, 0.29) is 25.2 Å². The lowest BCUT2D eigenvalue weighted by Gasteiger charge is -2.19. The van der Waals surface area contributed by atoms with Crippen molar-refractivity contribution in [2.45, 2.75) is 12.3 Å². The highest BCUT2D eigenvalue weighted by molar-refractivity contribution is 5.79. The molecule has 0 bridgehead atoms. The van der Waals surface area contributed by atoms with Crippen LogP contribution in [0.1, 0.15) is 6.42 Å². The summed E-state index contributed by atoms with van der Waals surface area (Å²) in [7, 11) is 0. The lowest BCUT2D eigenvalue weighted by Crippen LogP contribution is -2.26. The Balaban J connectivity index is 1.98. The molecule has 8 heteroatoms. The number of halogens is 2. The van der Waals surface area contributed by atoms with Gasteiger partial charge in [0.25, 0.3) is 5.92 Å². The van der Waals surface area contributed by atoms with Crippen LogP contribution in [0.15, 0.2) is 18.6 Å². The second-order valence-corrected chi connectivity index (χ2v) is 4.46. The molecule has 0 spiro atoms. The smallest absolute Gasteiger partial charge is 0.266 e. The Morgan fingerprint density at radius 3 is 2.84 bits per heavy atom. The topological polar surface area (TPSA) is 83.7 Å². The highest BCUT2D eigenvalue weighted by Gasteiger charge is 2.39. The molecule has 1 aliphatic heterocycles. The van der Waals surface area contributed by atoms with Crippen molar-refractivity contribution in [2.24, 2.45) is 0 Å². The molecule has 1 saturated heterocycles. The van der Waals surface area contributed by atoms with Crippen LogP contribution in [0, 0.1) is 0 Å². The highest BCUT2D eigenvalue weighted by atomic mass is 19.3. The van der Waals surface area contributed by atoms with Gasteiger partial charge in [0.1, 0.15) is 17.7 Å². The number of aromatic nitrogens is 4. The highest BCUT2D eigenvalue weighted by Crippen LogP contribution is 2.35. The predicted molar refractivity (Wildman–Crippen MR) is 65.8 cm³/mol. The fraction of sp³-hybridized carbons (Fsp3) is 0.364. The van der Waals surface area contributed by atoms with E-state index in [2.05, 4.69) is 20.2 Å². The molecule has 0 radical (unpaired) electrons. The van der Waals surface area contributed by atoms with Gasteiger partial charge in [-0.25, -0.2) is 18.7 Å². The number of aromatic amines is 1. The average molecular weight is 266 g/mol. The van der Waals surface area contributed by atoms with Gasteiger partial charge in [-0.3, -0.25) is 5.10 Å². The molecule has 2 aromatic heterocycles. The second kappa shape index (κ2) is 4.15. The molecule has 3 heterocycles. The molecule has 6 nitrogen and oxygen atoms in total. The second-order valence-electron chi connectivity index (χ2n) is 4.46. The van der Waals surface area contributed by atoms with Gasteiger partial charge in [0.15, 0.2) is 5.82 Å². The van der Waals surface area contributed by atoms with Crippen LogP contribution in [-0.2, 0) is 0 Å². The Hall–Kier alpha value is -2.25. The van der Waals surface area contributed by atoms with Gasteiger partial charge in [0, 0.05) is 19.2 Å². The van der Waals surface area contributed by atoms with E-state index >= 15 is 0 Å². The molecule has 1 aliphatic rings. The van der Waals surface area contributed by atoms with Crippen LogP contribution in [0.4, 0.5) is 20.3 Å². The lowest BCUT2D eigenvalue weighted by molar-refractivity contribution is 0.0257. The maximum absolute atomic E-state index is 13.2. The normalized spacial score (nSPS) is 17.9. The number of hydrogen-bond acceptors (Lipinski definition) is 5. The first-order chi connectivity index (χ1) is 9.07. The standard InChI is InChI=1S/C11H12F2N6/c12-11(13)2-4-19(5-11)10-8(14)9(15-6-16-10)7-1-3-17-18-7/h1,3,6H,2,4-5,14H2,(H,17,18). The summed E-state index contributed by atoms with van der Waals surface area (Å²) in [6, 6.07) is 1.71. The van der Waals surface area contributed by atoms with Gasteiger partial charge < -0.3 is 10.6 Å². The fourth-order valence-electron chi connectivity index (χ4n) is 2.16. The number of anilines is 2. The van der Waals surface area contributed by atoms with Gasteiger partial charge in [-0.2, -0.15) is 5.10 Å². The SMILES string of the molecule is Nc1c(-c2ccn[nH]2)ncnc1N1CCC(F)(F)C1. The van der Waals surface area contributed by atoms with Gasteiger partial charge in [0.2, 0.25) is 0 Å². The van der Waals surface area contributed by atoms with Crippen molar-refractivity contribution in [1.82, 2.24) is 20.2 Å². The molecule has 0 saturated carbocycles. The van der Waals surface area contributed by atoms with Crippen LogP contribution in [0.5, 0.6) is 0 Å². The maximum Gasteiger partial charge on any atom is 0.266 e. The summed E-state index contributed by atoms with van der Waals surface area (Å²) in [5.74, 6) is -2.34. The van der Waals surface area contributed by atoms with E-state index in [0.29, 0.717) is 17.2 Å². The zero-order chi connectivity index (χ0) is 13.5. The zero-order valence-electron chi connectivity index (χ0n) is 9.98. The number of hydrogen-bond donors (Lipinski definition) is 2. The van der Waals surface area contributed by atoms with Gasteiger partial charge in [-0.05, 0) is 6.07 Å². The minimum absolute atomic E-state index is 0.185. The van der Waals surface area contributed by atoms with E-state index in [0.717, 1.165) is 0 Å². The van der Waals surface area contributed by atoms with Crippen molar-refractivity contribution in [1.29, 1.82) is 0 Å². The minimum Gasteiger partial charge on any atom is -0.394 e. The molecular weight excluding hydrogens is 254 g/mol. The van der Waals surface area contributed by atoms with E-state index in [4.69, 9.17) is 5.73 Å². The molecule has 1 fully saturated rings. The van der Waals surface area contributed by atoms with Crippen LogP contribution in [0.2, 0.25) is 0 Å². The first kappa shape index (κ1) is 11.8.